The lowest BCUT2D eigenvalue weighted by molar-refractivity contribution is 0.00578. The number of hydrogen-bond acceptors (Lipinski definition) is 2. The molecular formula is C12H16BClF2O2. The van der Waals surface area contributed by atoms with Gasteiger partial charge in [0.05, 0.1) is 22.1 Å². The van der Waals surface area contributed by atoms with Gasteiger partial charge < -0.3 is 9.31 Å². The first kappa shape index (κ1) is 14.0. The van der Waals surface area contributed by atoms with Crippen LogP contribution in [0.4, 0.5) is 8.78 Å². The molecule has 0 radical (unpaired) electrons. The van der Waals surface area contributed by atoms with Gasteiger partial charge in [0.1, 0.15) is 12.0 Å². The third-order valence-corrected chi connectivity index (χ3v) is 4.13. The van der Waals surface area contributed by atoms with Crippen LogP contribution in [0.5, 0.6) is 0 Å². The molecule has 0 aromatic heterocycles. The van der Waals surface area contributed by atoms with Gasteiger partial charge in [-0.3, -0.25) is 0 Å². The van der Waals surface area contributed by atoms with E-state index in [-0.39, 0.29) is 5.03 Å². The SMILES string of the molecule is CC1(C)OB(C2C=C(F)C(Cl)=CC2F)OC1(C)C. The van der Waals surface area contributed by atoms with Crippen molar-refractivity contribution in [3.8, 4) is 0 Å². The second-order valence-corrected chi connectivity index (χ2v) is 6.08. The number of allylic oxidation sites excluding steroid dienone is 4. The van der Waals surface area contributed by atoms with Crippen molar-refractivity contribution in [1.82, 2.24) is 0 Å². The first-order chi connectivity index (χ1) is 8.14. The fourth-order valence-corrected chi connectivity index (χ4v) is 2.13. The van der Waals surface area contributed by atoms with E-state index in [1.807, 2.05) is 27.7 Å². The van der Waals surface area contributed by atoms with Gasteiger partial charge in [-0.15, -0.1) is 0 Å². The van der Waals surface area contributed by atoms with Crippen molar-refractivity contribution in [2.24, 2.45) is 0 Å². The van der Waals surface area contributed by atoms with Crippen molar-refractivity contribution < 1.29 is 18.1 Å². The van der Waals surface area contributed by atoms with Gasteiger partial charge in [0.2, 0.25) is 0 Å². The Labute approximate surface area is 111 Å². The summed E-state index contributed by atoms with van der Waals surface area (Å²) < 4.78 is 38.7. The summed E-state index contributed by atoms with van der Waals surface area (Å²) in [6.45, 7) is 7.47. The summed E-state index contributed by atoms with van der Waals surface area (Å²) in [4.78, 5) is 0. The number of rotatable bonds is 1. The molecule has 2 rings (SSSR count). The van der Waals surface area contributed by atoms with Crippen LogP contribution >= 0.6 is 11.6 Å². The van der Waals surface area contributed by atoms with Gasteiger partial charge >= 0.3 is 7.12 Å². The summed E-state index contributed by atoms with van der Waals surface area (Å²) in [6.07, 6.45) is 0.772. The number of hydrogen-bond donors (Lipinski definition) is 0. The van der Waals surface area contributed by atoms with Gasteiger partial charge in [0.15, 0.2) is 0 Å². The molecule has 100 valence electrons. The molecule has 0 amide bonds. The van der Waals surface area contributed by atoms with Crippen LogP contribution in [0.15, 0.2) is 23.0 Å². The minimum atomic E-state index is -1.41. The average molecular weight is 277 g/mol. The second kappa shape index (κ2) is 4.32. The smallest absolute Gasteiger partial charge is 0.403 e. The Kier molecular flexibility index (Phi) is 3.37. The van der Waals surface area contributed by atoms with Gasteiger partial charge in [-0.25, -0.2) is 8.78 Å². The molecule has 6 heteroatoms. The Morgan fingerprint density at radius 1 is 1.17 bits per heavy atom. The Bertz CT molecular complexity index is 404. The molecule has 0 bridgehead atoms. The molecule has 1 saturated heterocycles. The van der Waals surface area contributed by atoms with Crippen molar-refractivity contribution in [2.75, 3.05) is 0 Å². The molecule has 0 spiro atoms. The van der Waals surface area contributed by atoms with E-state index < -0.39 is 36.1 Å². The van der Waals surface area contributed by atoms with E-state index >= 15 is 0 Å². The Hall–Kier alpha value is -0.385. The van der Waals surface area contributed by atoms with Crippen molar-refractivity contribution >= 4 is 18.7 Å². The van der Waals surface area contributed by atoms with E-state index in [9.17, 15) is 8.78 Å². The molecule has 1 heterocycles. The zero-order valence-electron chi connectivity index (χ0n) is 10.8. The molecule has 2 nitrogen and oxygen atoms in total. The highest BCUT2D eigenvalue weighted by molar-refractivity contribution is 6.48. The predicted molar refractivity (Wildman–Crippen MR) is 67.9 cm³/mol. The zero-order valence-corrected chi connectivity index (χ0v) is 11.6. The van der Waals surface area contributed by atoms with E-state index in [1.165, 1.54) is 0 Å². The minimum Gasteiger partial charge on any atom is -0.403 e. The van der Waals surface area contributed by atoms with Crippen LogP contribution in [0.2, 0.25) is 5.82 Å². The Morgan fingerprint density at radius 2 is 1.67 bits per heavy atom. The summed E-state index contributed by atoms with van der Waals surface area (Å²) in [6, 6.07) is 0. The molecule has 0 aromatic rings. The Balaban J connectivity index is 2.21. The van der Waals surface area contributed by atoms with E-state index in [0.29, 0.717) is 0 Å². The van der Waals surface area contributed by atoms with E-state index in [2.05, 4.69) is 0 Å². The molecule has 2 aliphatic rings. The minimum absolute atomic E-state index is 0.199. The van der Waals surface area contributed by atoms with Crippen LogP contribution < -0.4 is 0 Å². The average Bonchev–Trinajstić information content (AvgIpc) is 2.42. The summed E-state index contributed by atoms with van der Waals surface area (Å²) in [5.41, 5.74) is -1.13. The van der Waals surface area contributed by atoms with Gasteiger partial charge in [-0.1, -0.05) is 11.6 Å². The first-order valence-corrected chi connectivity index (χ1v) is 6.26. The van der Waals surface area contributed by atoms with Crippen LogP contribution in [0, 0.1) is 0 Å². The van der Waals surface area contributed by atoms with Crippen molar-refractivity contribution in [3.05, 3.63) is 23.0 Å². The molecule has 1 fully saturated rings. The zero-order chi connectivity index (χ0) is 13.7. The summed E-state index contributed by atoms with van der Waals surface area (Å²) in [7, 11) is -0.809. The summed E-state index contributed by atoms with van der Waals surface area (Å²) in [5, 5.41) is -0.199. The quantitative estimate of drug-likeness (QED) is 0.679. The highest BCUT2D eigenvalue weighted by atomic mass is 35.5. The number of alkyl halides is 1. The molecule has 2 unspecified atom stereocenters. The summed E-state index contributed by atoms with van der Waals surface area (Å²) >= 11 is 5.54. The third kappa shape index (κ3) is 2.24. The lowest BCUT2D eigenvalue weighted by atomic mass is 9.67. The van der Waals surface area contributed by atoms with Crippen LogP contribution in [0.25, 0.3) is 0 Å². The van der Waals surface area contributed by atoms with Crippen LogP contribution in [0.1, 0.15) is 27.7 Å². The lowest BCUT2D eigenvalue weighted by Crippen LogP contribution is -2.41. The molecule has 0 aromatic carbocycles. The van der Waals surface area contributed by atoms with Crippen molar-refractivity contribution in [3.63, 3.8) is 0 Å². The Morgan fingerprint density at radius 3 is 2.17 bits per heavy atom. The maximum atomic E-state index is 13.9. The maximum Gasteiger partial charge on any atom is 0.468 e. The van der Waals surface area contributed by atoms with Crippen LogP contribution in [-0.4, -0.2) is 24.5 Å². The topological polar surface area (TPSA) is 18.5 Å². The van der Waals surface area contributed by atoms with Gasteiger partial charge in [-0.2, -0.15) is 0 Å². The molecule has 0 N–H and O–H groups in total. The molecule has 0 saturated carbocycles. The molecule has 1 aliphatic carbocycles. The van der Waals surface area contributed by atoms with Gasteiger partial charge in [0, 0.05) is 0 Å². The standard InChI is InChI=1S/C12H16BClF2O2/c1-11(2)12(3,4)18-13(17-11)7-5-10(16)8(14)6-9(7)15/h5-7,9H,1-4H3. The van der Waals surface area contributed by atoms with Gasteiger partial charge in [-0.05, 0) is 39.8 Å². The maximum absolute atomic E-state index is 13.9. The fraction of sp³-hybridized carbons (Fsp3) is 0.667. The van der Waals surface area contributed by atoms with E-state index in [1.54, 1.807) is 0 Å². The highest BCUT2D eigenvalue weighted by Gasteiger charge is 2.55. The first-order valence-electron chi connectivity index (χ1n) is 5.89. The van der Waals surface area contributed by atoms with Crippen LogP contribution in [-0.2, 0) is 9.31 Å². The fourth-order valence-electron chi connectivity index (χ4n) is 1.95. The summed E-state index contributed by atoms with van der Waals surface area (Å²) in [5.74, 6) is -1.45. The molecular weight excluding hydrogens is 260 g/mol. The monoisotopic (exact) mass is 276 g/mol. The molecule has 1 aliphatic heterocycles. The molecule has 18 heavy (non-hydrogen) atoms. The second-order valence-electron chi connectivity index (χ2n) is 5.68. The highest BCUT2D eigenvalue weighted by Crippen LogP contribution is 2.44. The van der Waals surface area contributed by atoms with E-state index in [0.717, 1.165) is 12.2 Å². The molecule has 2 atom stereocenters. The largest absolute Gasteiger partial charge is 0.468 e. The predicted octanol–water partition coefficient (Wildman–Crippen LogP) is 3.78. The lowest BCUT2D eigenvalue weighted by Gasteiger charge is -2.32. The van der Waals surface area contributed by atoms with Crippen molar-refractivity contribution in [1.29, 1.82) is 0 Å². The van der Waals surface area contributed by atoms with Crippen molar-refractivity contribution in [2.45, 2.75) is 50.9 Å². The van der Waals surface area contributed by atoms with E-state index in [4.69, 9.17) is 20.9 Å². The number of halogens is 3. The van der Waals surface area contributed by atoms with Crippen LogP contribution in [0.3, 0.4) is 0 Å². The van der Waals surface area contributed by atoms with Gasteiger partial charge in [0.25, 0.3) is 0 Å². The third-order valence-electron chi connectivity index (χ3n) is 3.83. The normalized spacial score (nSPS) is 34.3.